The van der Waals surface area contributed by atoms with Gasteiger partial charge in [0.05, 0.1) is 5.69 Å². The number of halogens is 2. The van der Waals surface area contributed by atoms with Crippen molar-refractivity contribution < 1.29 is 4.79 Å². The molecule has 1 N–H and O–H groups in total. The number of ketones is 1. The lowest BCUT2D eigenvalue weighted by molar-refractivity contribution is 0.102. The summed E-state index contributed by atoms with van der Waals surface area (Å²) in [4.78, 5) is 16.1. The normalized spacial score (nSPS) is 16.1. The molecule has 0 saturated heterocycles. The molecule has 2 aromatic carbocycles. The third kappa shape index (κ3) is 2.39. The molecule has 4 heteroatoms. The lowest BCUT2D eigenvalue weighted by atomic mass is 9.89. The molecule has 0 bridgehead atoms. The molecule has 0 radical (unpaired) electrons. The second kappa shape index (κ2) is 5.55. The van der Waals surface area contributed by atoms with E-state index >= 15 is 0 Å². The fourth-order valence-corrected chi connectivity index (χ4v) is 3.65. The van der Waals surface area contributed by atoms with Gasteiger partial charge in [0.25, 0.3) is 0 Å². The van der Waals surface area contributed by atoms with E-state index < -0.39 is 0 Å². The molecule has 0 atom stereocenters. The molecule has 0 saturated carbocycles. The van der Waals surface area contributed by atoms with Crippen LogP contribution in [0.15, 0.2) is 48.0 Å². The van der Waals surface area contributed by atoms with Gasteiger partial charge >= 0.3 is 0 Å². The summed E-state index contributed by atoms with van der Waals surface area (Å²) in [6.07, 6.45) is 3.34. The van der Waals surface area contributed by atoms with Crippen LogP contribution in [-0.4, -0.2) is 10.8 Å². The van der Waals surface area contributed by atoms with E-state index in [1.807, 2.05) is 24.3 Å². The van der Waals surface area contributed by atoms with Crippen LogP contribution in [0.3, 0.4) is 0 Å². The first-order valence-electron chi connectivity index (χ1n) is 7.44. The van der Waals surface area contributed by atoms with Crippen molar-refractivity contribution in [1.29, 1.82) is 0 Å². The van der Waals surface area contributed by atoms with Crippen molar-refractivity contribution in [2.45, 2.75) is 12.8 Å². The van der Waals surface area contributed by atoms with E-state index in [4.69, 9.17) is 23.2 Å². The molecule has 1 aromatic heterocycles. The van der Waals surface area contributed by atoms with Crippen molar-refractivity contribution in [1.82, 2.24) is 4.98 Å². The molecule has 2 nitrogen and oxygen atoms in total. The van der Waals surface area contributed by atoms with Crippen LogP contribution in [0.2, 0.25) is 10.0 Å². The van der Waals surface area contributed by atoms with Gasteiger partial charge in [-0.05, 0) is 42.7 Å². The summed E-state index contributed by atoms with van der Waals surface area (Å²) in [5.41, 5.74) is 4.24. The van der Waals surface area contributed by atoms with E-state index in [-0.39, 0.29) is 5.78 Å². The van der Waals surface area contributed by atoms with Gasteiger partial charge < -0.3 is 4.98 Å². The quantitative estimate of drug-likeness (QED) is 0.567. The molecule has 0 spiro atoms. The molecule has 1 aliphatic carbocycles. The fourth-order valence-electron chi connectivity index (χ4n) is 3.15. The number of aromatic nitrogens is 1. The monoisotopic (exact) mass is 341 g/mol. The number of carbonyl (C=O) groups is 1. The van der Waals surface area contributed by atoms with Crippen LogP contribution in [0.25, 0.3) is 17.0 Å². The van der Waals surface area contributed by atoms with Gasteiger partial charge in [0.15, 0.2) is 0 Å². The Morgan fingerprint density at radius 2 is 1.70 bits per heavy atom. The van der Waals surface area contributed by atoms with E-state index in [1.54, 1.807) is 18.2 Å². The number of aryl methyl sites for hydroxylation is 1. The number of allylic oxidation sites excluding steroid dienone is 1. The standard InChI is InChI=1S/C19H13Cl2NO/c20-15-5-3-6-16(21)14(15)10-11-8-9-13-12-4-1-2-7-17(12)22-18(13)19(11)23/h1-7,10,22H,8-9H2/b11-10+. The summed E-state index contributed by atoms with van der Waals surface area (Å²) in [5, 5.41) is 2.24. The van der Waals surface area contributed by atoms with Crippen LogP contribution in [0.1, 0.15) is 28.0 Å². The van der Waals surface area contributed by atoms with Gasteiger partial charge in [-0.1, -0.05) is 47.5 Å². The molecular formula is C19H13Cl2NO. The topological polar surface area (TPSA) is 32.9 Å². The Morgan fingerprint density at radius 3 is 2.48 bits per heavy atom. The van der Waals surface area contributed by atoms with Crippen molar-refractivity contribution in [2.24, 2.45) is 0 Å². The maximum Gasteiger partial charge on any atom is 0.205 e. The van der Waals surface area contributed by atoms with E-state index in [0.717, 1.165) is 28.5 Å². The summed E-state index contributed by atoms with van der Waals surface area (Å²) in [7, 11) is 0. The number of aromatic amines is 1. The van der Waals surface area contributed by atoms with Gasteiger partial charge in [0, 0.05) is 32.1 Å². The highest BCUT2D eigenvalue weighted by Gasteiger charge is 2.26. The maximum atomic E-state index is 12.8. The first-order valence-corrected chi connectivity index (χ1v) is 8.19. The number of nitrogens with one attached hydrogen (secondary N) is 1. The highest BCUT2D eigenvalue weighted by Crippen LogP contribution is 2.34. The minimum absolute atomic E-state index is 0.0263. The second-order valence-electron chi connectivity index (χ2n) is 5.66. The lowest BCUT2D eigenvalue weighted by Crippen LogP contribution is -2.13. The molecular weight excluding hydrogens is 329 g/mol. The highest BCUT2D eigenvalue weighted by atomic mass is 35.5. The Kier molecular flexibility index (Phi) is 3.51. The van der Waals surface area contributed by atoms with Crippen LogP contribution >= 0.6 is 23.2 Å². The molecule has 3 aromatic rings. The van der Waals surface area contributed by atoms with E-state index in [0.29, 0.717) is 27.7 Å². The predicted octanol–water partition coefficient (Wildman–Crippen LogP) is 5.69. The maximum absolute atomic E-state index is 12.8. The Morgan fingerprint density at radius 1 is 0.957 bits per heavy atom. The van der Waals surface area contributed by atoms with Crippen molar-refractivity contribution in [3.63, 3.8) is 0 Å². The van der Waals surface area contributed by atoms with E-state index in [1.165, 1.54) is 0 Å². The van der Waals surface area contributed by atoms with Crippen LogP contribution in [-0.2, 0) is 6.42 Å². The Bertz CT molecular complexity index is 948. The second-order valence-corrected chi connectivity index (χ2v) is 6.47. The summed E-state index contributed by atoms with van der Waals surface area (Å²) < 4.78 is 0. The van der Waals surface area contributed by atoms with Gasteiger partial charge in [0.1, 0.15) is 0 Å². The molecule has 1 heterocycles. The Labute approximate surface area is 143 Å². The van der Waals surface area contributed by atoms with Crippen molar-refractivity contribution in [2.75, 3.05) is 0 Å². The zero-order valence-electron chi connectivity index (χ0n) is 12.2. The number of rotatable bonds is 1. The van der Waals surface area contributed by atoms with Gasteiger partial charge in [-0.3, -0.25) is 4.79 Å². The predicted molar refractivity (Wildman–Crippen MR) is 95.4 cm³/mol. The number of para-hydroxylation sites is 1. The summed E-state index contributed by atoms with van der Waals surface area (Å²) in [6, 6.07) is 13.4. The number of Topliss-reactive ketones (excluding diaryl/α,β-unsaturated/α-hetero) is 1. The Balaban J connectivity index is 1.82. The molecule has 0 amide bonds. The largest absolute Gasteiger partial charge is 0.352 e. The van der Waals surface area contributed by atoms with Gasteiger partial charge in [-0.25, -0.2) is 0 Å². The highest BCUT2D eigenvalue weighted by molar-refractivity contribution is 6.37. The SMILES string of the molecule is O=C1/C(=C/c2c(Cl)cccc2Cl)CCc2c1[nH]c1ccccc21. The first kappa shape index (κ1) is 14.6. The number of hydrogen-bond acceptors (Lipinski definition) is 1. The van der Waals surface area contributed by atoms with Gasteiger partial charge in [0.2, 0.25) is 5.78 Å². The smallest absolute Gasteiger partial charge is 0.205 e. The summed E-state index contributed by atoms with van der Waals surface area (Å²) in [6.45, 7) is 0. The number of fused-ring (bicyclic) bond motifs is 3. The fraction of sp³-hybridized carbons (Fsp3) is 0.105. The van der Waals surface area contributed by atoms with E-state index in [2.05, 4.69) is 11.1 Å². The van der Waals surface area contributed by atoms with Crippen molar-refractivity contribution >= 4 is 46.0 Å². The summed E-state index contributed by atoms with van der Waals surface area (Å²) >= 11 is 12.4. The first-order chi connectivity index (χ1) is 11.1. The number of hydrogen-bond donors (Lipinski definition) is 1. The minimum atomic E-state index is 0.0263. The zero-order valence-corrected chi connectivity index (χ0v) is 13.7. The Hall–Kier alpha value is -2.03. The third-order valence-corrected chi connectivity index (χ3v) is 4.95. The average molecular weight is 342 g/mol. The molecule has 114 valence electrons. The zero-order chi connectivity index (χ0) is 16.0. The average Bonchev–Trinajstić information content (AvgIpc) is 2.93. The lowest BCUT2D eigenvalue weighted by Gasteiger charge is -2.15. The van der Waals surface area contributed by atoms with Crippen LogP contribution < -0.4 is 0 Å². The van der Waals surface area contributed by atoms with E-state index in [9.17, 15) is 4.79 Å². The van der Waals surface area contributed by atoms with Crippen molar-refractivity contribution in [3.05, 3.63) is 74.9 Å². The van der Waals surface area contributed by atoms with Crippen molar-refractivity contribution in [3.8, 4) is 0 Å². The van der Waals surface area contributed by atoms with Gasteiger partial charge in [-0.15, -0.1) is 0 Å². The van der Waals surface area contributed by atoms with Crippen LogP contribution in [0.5, 0.6) is 0 Å². The van der Waals surface area contributed by atoms with Gasteiger partial charge in [-0.2, -0.15) is 0 Å². The number of H-pyrrole nitrogens is 1. The number of benzene rings is 2. The van der Waals surface area contributed by atoms with Crippen LogP contribution in [0.4, 0.5) is 0 Å². The molecule has 23 heavy (non-hydrogen) atoms. The minimum Gasteiger partial charge on any atom is -0.352 e. The number of carbonyl (C=O) groups excluding carboxylic acids is 1. The summed E-state index contributed by atoms with van der Waals surface area (Å²) in [5.74, 6) is 0.0263. The molecule has 0 fully saturated rings. The third-order valence-electron chi connectivity index (χ3n) is 4.29. The molecule has 0 aliphatic heterocycles. The van der Waals surface area contributed by atoms with Crippen LogP contribution in [0, 0.1) is 0 Å². The molecule has 0 unspecified atom stereocenters. The molecule has 4 rings (SSSR count). The molecule has 1 aliphatic rings.